The number of hydrogen-bond acceptors (Lipinski definition) is 2. The summed E-state index contributed by atoms with van der Waals surface area (Å²) in [6.07, 6.45) is 0.241. The monoisotopic (exact) mass is 287 g/mol. The summed E-state index contributed by atoms with van der Waals surface area (Å²) in [5.74, 6) is -2.52. The second-order valence-electron chi connectivity index (χ2n) is 4.61. The van der Waals surface area contributed by atoms with Gasteiger partial charge in [0.25, 0.3) is 5.91 Å². The van der Waals surface area contributed by atoms with E-state index in [0.717, 1.165) is 12.1 Å². The van der Waals surface area contributed by atoms with E-state index in [1.54, 1.807) is 6.92 Å². The van der Waals surface area contributed by atoms with Crippen LogP contribution in [0.15, 0.2) is 12.1 Å². The highest BCUT2D eigenvalue weighted by Crippen LogP contribution is 2.22. The largest absolute Gasteiger partial charge is 0.337 e. The van der Waals surface area contributed by atoms with Crippen LogP contribution < -0.4 is 0 Å². The van der Waals surface area contributed by atoms with E-state index >= 15 is 0 Å². The molecule has 0 bridgehead atoms. The predicted molar refractivity (Wildman–Crippen MR) is 66.1 cm³/mol. The summed E-state index contributed by atoms with van der Waals surface area (Å²) in [5.41, 5.74) is -0.358. The van der Waals surface area contributed by atoms with Crippen LogP contribution in [0.2, 0.25) is 5.02 Å². The van der Waals surface area contributed by atoms with E-state index in [4.69, 9.17) is 11.6 Å². The Morgan fingerprint density at radius 1 is 1.37 bits per heavy atom. The lowest BCUT2D eigenvalue weighted by Gasteiger charge is -2.30. The van der Waals surface area contributed by atoms with Gasteiger partial charge < -0.3 is 4.90 Å². The van der Waals surface area contributed by atoms with E-state index in [2.05, 4.69) is 0 Å². The third-order valence-corrected chi connectivity index (χ3v) is 3.49. The SMILES string of the molecule is CC1CN(C(=O)c2cc(F)c(Cl)cc2F)CCC1=O. The normalized spacial score (nSPS) is 19.7. The molecule has 0 spiro atoms. The molecule has 0 radical (unpaired) electrons. The van der Waals surface area contributed by atoms with Crippen LogP contribution >= 0.6 is 11.6 Å². The highest BCUT2D eigenvalue weighted by Gasteiger charge is 2.29. The Labute approximate surface area is 114 Å². The second kappa shape index (κ2) is 5.25. The quantitative estimate of drug-likeness (QED) is 0.745. The Kier molecular flexibility index (Phi) is 3.85. The minimum atomic E-state index is -0.860. The molecule has 1 aliphatic heterocycles. The number of carbonyl (C=O) groups is 2. The van der Waals surface area contributed by atoms with Gasteiger partial charge >= 0.3 is 0 Å². The van der Waals surface area contributed by atoms with Crippen molar-refractivity contribution in [3.63, 3.8) is 0 Å². The fourth-order valence-corrected chi connectivity index (χ4v) is 2.21. The van der Waals surface area contributed by atoms with Crippen molar-refractivity contribution in [1.82, 2.24) is 4.90 Å². The Morgan fingerprint density at radius 2 is 2.05 bits per heavy atom. The molecule has 19 heavy (non-hydrogen) atoms. The number of halogens is 3. The van der Waals surface area contributed by atoms with Gasteiger partial charge in [-0.05, 0) is 12.1 Å². The highest BCUT2D eigenvalue weighted by atomic mass is 35.5. The fourth-order valence-electron chi connectivity index (χ4n) is 2.06. The lowest BCUT2D eigenvalue weighted by atomic mass is 9.98. The van der Waals surface area contributed by atoms with Gasteiger partial charge in [-0.2, -0.15) is 0 Å². The minimum absolute atomic E-state index is 0.0757. The third-order valence-electron chi connectivity index (χ3n) is 3.20. The average molecular weight is 288 g/mol. The third kappa shape index (κ3) is 2.76. The predicted octanol–water partition coefficient (Wildman–Crippen LogP) is 2.67. The first-order chi connectivity index (χ1) is 8.90. The van der Waals surface area contributed by atoms with Gasteiger partial charge in [0.2, 0.25) is 0 Å². The Morgan fingerprint density at radius 3 is 2.68 bits per heavy atom. The van der Waals surface area contributed by atoms with Crippen LogP contribution in [0.4, 0.5) is 8.78 Å². The molecule has 0 saturated carbocycles. The van der Waals surface area contributed by atoms with Gasteiger partial charge in [-0.25, -0.2) is 8.78 Å². The van der Waals surface area contributed by atoms with Gasteiger partial charge in [0.05, 0.1) is 10.6 Å². The Balaban J connectivity index is 2.25. The molecule has 0 N–H and O–H groups in total. The number of rotatable bonds is 1. The van der Waals surface area contributed by atoms with Crippen molar-refractivity contribution in [3.8, 4) is 0 Å². The van der Waals surface area contributed by atoms with Crippen molar-refractivity contribution in [2.24, 2.45) is 5.92 Å². The summed E-state index contributed by atoms with van der Waals surface area (Å²) >= 11 is 5.43. The number of benzene rings is 1. The van der Waals surface area contributed by atoms with E-state index in [-0.39, 0.29) is 41.8 Å². The van der Waals surface area contributed by atoms with Crippen molar-refractivity contribution in [3.05, 3.63) is 34.4 Å². The molecule has 1 heterocycles. The first-order valence-corrected chi connectivity index (χ1v) is 6.24. The molecular weight excluding hydrogens is 276 g/mol. The Bertz CT molecular complexity index is 548. The second-order valence-corrected chi connectivity index (χ2v) is 5.02. The molecule has 1 atom stereocenters. The number of carbonyl (C=O) groups excluding carboxylic acids is 2. The van der Waals surface area contributed by atoms with Gasteiger partial charge in [0, 0.05) is 25.4 Å². The number of hydrogen-bond donors (Lipinski definition) is 0. The fraction of sp³-hybridized carbons (Fsp3) is 0.385. The molecule has 0 aliphatic carbocycles. The van der Waals surface area contributed by atoms with Crippen LogP contribution in [0.5, 0.6) is 0 Å². The van der Waals surface area contributed by atoms with Crippen molar-refractivity contribution in [2.45, 2.75) is 13.3 Å². The van der Waals surface area contributed by atoms with E-state index in [0.29, 0.717) is 0 Å². The summed E-state index contributed by atoms with van der Waals surface area (Å²) in [6, 6.07) is 1.57. The summed E-state index contributed by atoms with van der Waals surface area (Å²) in [7, 11) is 0. The van der Waals surface area contributed by atoms with Gasteiger partial charge in [-0.1, -0.05) is 18.5 Å². The van der Waals surface area contributed by atoms with Crippen LogP contribution in [0.1, 0.15) is 23.7 Å². The number of ketones is 1. The number of likely N-dealkylation sites (tertiary alicyclic amines) is 1. The molecular formula is C13H12ClF2NO2. The van der Waals surface area contributed by atoms with E-state index in [9.17, 15) is 18.4 Å². The smallest absolute Gasteiger partial charge is 0.256 e. The van der Waals surface area contributed by atoms with Gasteiger partial charge in [-0.15, -0.1) is 0 Å². The number of Topliss-reactive ketones (excluding diaryl/α,β-unsaturated/α-hetero) is 1. The van der Waals surface area contributed by atoms with Crippen LogP contribution in [-0.2, 0) is 4.79 Å². The molecule has 1 aliphatic rings. The topological polar surface area (TPSA) is 37.4 Å². The zero-order chi connectivity index (χ0) is 14.2. The molecule has 1 fully saturated rings. The first kappa shape index (κ1) is 13.9. The van der Waals surface area contributed by atoms with Crippen LogP contribution in [0.25, 0.3) is 0 Å². The van der Waals surface area contributed by atoms with Crippen LogP contribution in [0, 0.1) is 17.6 Å². The van der Waals surface area contributed by atoms with E-state index < -0.39 is 17.5 Å². The maximum Gasteiger partial charge on any atom is 0.256 e. The van der Waals surface area contributed by atoms with Crippen LogP contribution in [0.3, 0.4) is 0 Å². The van der Waals surface area contributed by atoms with Crippen LogP contribution in [-0.4, -0.2) is 29.7 Å². The van der Waals surface area contributed by atoms with Gasteiger partial charge in [-0.3, -0.25) is 9.59 Å². The maximum absolute atomic E-state index is 13.6. The van der Waals surface area contributed by atoms with Gasteiger partial charge in [0.15, 0.2) is 0 Å². The molecule has 1 amide bonds. The van der Waals surface area contributed by atoms with E-state index in [1.807, 2.05) is 0 Å². The summed E-state index contributed by atoms with van der Waals surface area (Å²) in [6.45, 7) is 2.16. The zero-order valence-electron chi connectivity index (χ0n) is 10.3. The Hall–Kier alpha value is -1.49. The molecule has 0 aromatic heterocycles. The highest BCUT2D eigenvalue weighted by molar-refractivity contribution is 6.30. The maximum atomic E-state index is 13.6. The summed E-state index contributed by atoms with van der Waals surface area (Å²) in [5, 5.41) is -0.365. The lowest BCUT2D eigenvalue weighted by molar-refractivity contribution is -0.124. The minimum Gasteiger partial charge on any atom is -0.337 e. The molecule has 6 heteroatoms. The van der Waals surface area contributed by atoms with Crippen molar-refractivity contribution >= 4 is 23.3 Å². The number of nitrogens with zero attached hydrogens (tertiary/aromatic N) is 1. The lowest BCUT2D eigenvalue weighted by Crippen LogP contribution is -2.43. The molecule has 1 aromatic carbocycles. The number of piperidine rings is 1. The molecule has 1 saturated heterocycles. The van der Waals surface area contributed by atoms with Crippen molar-refractivity contribution < 1.29 is 18.4 Å². The van der Waals surface area contributed by atoms with Crippen molar-refractivity contribution in [1.29, 1.82) is 0 Å². The standard InChI is InChI=1S/C13H12ClF2NO2/c1-7-6-17(3-2-12(7)18)13(19)8-4-11(16)9(14)5-10(8)15/h4-5,7H,2-3,6H2,1H3. The zero-order valence-corrected chi connectivity index (χ0v) is 11.0. The molecule has 1 aromatic rings. The molecule has 1 unspecified atom stereocenters. The van der Waals surface area contributed by atoms with Crippen molar-refractivity contribution in [2.75, 3.05) is 13.1 Å². The first-order valence-electron chi connectivity index (χ1n) is 5.86. The average Bonchev–Trinajstić information content (AvgIpc) is 2.36. The molecule has 2 rings (SSSR count). The summed E-state index contributed by atoms with van der Waals surface area (Å²) in [4.78, 5) is 24.8. The molecule has 102 valence electrons. The van der Waals surface area contributed by atoms with E-state index in [1.165, 1.54) is 4.90 Å². The molecule has 3 nitrogen and oxygen atoms in total. The number of amides is 1. The van der Waals surface area contributed by atoms with Gasteiger partial charge in [0.1, 0.15) is 17.4 Å². The summed E-state index contributed by atoms with van der Waals surface area (Å²) < 4.78 is 26.9.